The lowest BCUT2D eigenvalue weighted by Crippen LogP contribution is -2.44. The molecule has 3 N–H and O–H groups in total. The summed E-state index contributed by atoms with van der Waals surface area (Å²) >= 11 is 1.29. The van der Waals surface area contributed by atoms with Crippen LogP contribution in [0.25, 0.3) is 0 Å². The van der Waals surface area contributed by atoms with Crippen LogP contribution in [0.4, 0.5) is 8.78 Å². The molecule has 3 rings (SSSR count). The summed E-state index contributed by atoms with van der Waals surface area (Å²) in [4.78, 5) is 0.828. The van der Waals surface area contributed by atoms with Gasteiger partial charge in [-0.2, -0.15) is 0 Å². The molecule has 0 aliphatic rings. The second-order valence-corrected chi connectivity index (χ2v) is 8.79. The number of hydrogen-bond donors (Lipinski definition) is 3. The quantitative estimate of drug-likeness (QED) is 0.299. The Morgan fingerprint density at radius 3 is 2.29 bits per heavy atom. The van der Waals surface area contributed by atoms with Crippen molar-refractivity contribution in [2.45, 2.75) is 30.0 Å². The first-order valence-electron chi connectivity index (χ1n) is 11.0. The van der Waals surface area contributed by atoms with Gasteiger partial charge in [0, 0.05) is 30.1 Å². The van der Waals surface area contributed by atoms with Crippen molar-refractivity contribution in [3.05, 3.63) is 83.4 Å². The number of ether oxygens (including phenoxy) is 3. The summed E-state index contributed by atoms with van der Waals surface area (Å²) in [5.41, 5.74) is 1.45. The predicted octanol–water partition coefficient (Wildman–Crippen LogP) is 4.35. The first-order valence-corrected chi connectivity index (χ1v) is 11.8. The molecule has 188 valence electrons. The third-order valence-corrected chi connectivity index (χ3v) is 6.25. The van der Waals surface area contributed by atoms with Crippen LogP contribution in [0.5, 0.6) is 17.2 Å². The Balaban J connectivity index is 1.68. The number of methoxy groups -OCH3 is 3. The van der Waals surface area contributed by atoms with Gasteiger partial charge in [-0.15, -0.1) is 0 Å². The van der Waals surface area contributed by atoms with E-state index >= 15 is 0 Å². The maximum Gasteiger partial charge on any atom is 0.161 e. The second-order valence-electron chi connectivity index (χ2n) is 7.87. The fourth-order valence-corrected chi connectivity index (χ4v) is 4.38. The van der Waals surface area contributed by atoms with Gasteiger partial charge in [-0.3, -0.25) is 4.72 Å². The van der Waals surface area contributed by atoms with Gasteiger partial charge in [0.2, 0.25) is 0 Å². The third kappa shape index (κ3) is 8.10. The van der Waals surface area contributed by atoms with Crippen molar-refractivity contribution in [3.63, 3.8) is 0 Å². The maximum absolute atomic E-state index is 13.8. The minimum Gasteiger partial charge on any atom is -0.497 e. The first kappa shape index (κ1) is 26.7. The molecule has 0 heterocycles. The zero-order chi connectivity index (χ0) is 25.2. The highest BCUT2D eigenvalue weighted by atomic mass is 32.2. The highest BCUT2D eigenvalue weighted by Gasteiger charge is 2.21. The van der Waals surface area contributed by atoms with Gasteiger partial charge >= 0.3 is 0 Å². The molecule has 9 heteroatoms. The molecule has 2 atom stereocenters. The summed E-state index contributed by atoms with van der Waals surface area (Å²) in [5.74, 6) is 0.617. The molecule has 0 amide bonds. The number of rotatable bonds is 13. The van der Waals surface area contributed by atoms with Crippen molar-refractivity contribution in [3.8, 4) is 17.2 Å². The van der Waals surface area contributed by atoms with E-state index in [2.05, 4.69) is 10.0 Å². The number of aliphatic hydroxyl groups excluding tert-OH is 1. The molecule has 35 heavy (non-hydrogen) atoms. The standard InChI is InChI=1S/C26H30F2N2O4S/c1-32-21-6-4-5-17(11-21)15-29-16-24(31)23(12-18-9-19(27)13-20(28)10-18)30-35-22-7-8-25(33-2)26(14-22)34-3/h4-11,13-14,23-24,29-31H,12,15-16H2,1-3H3/t23-,24+/m0/s1. The second kappa shape index (κ2) is 13.3. The van der Waals surface area contributed by atoms with Crippen LogP contribution in [-0.4, -0.2) is 45.1 Å². The van der Waals surface area contributed by atoms with Crippen LogP contribution in [0.2, 0.25) is 0 Å². The number of nitrogens with one attached hydrogen (secondary N) is 2. The normalized spacial score (nSPS) is 12.7. The zero-order valence-corrected chi connectivity index (χ0v) is 20.7. The average Bonchev–Trinajstić information content (AvgIpc) is 2.85. The fourth-order valence-electron chi connectivity index (χ4n) is 3.55. The number of halogens is 2. The Morgan fingerprint density at radius 2 is 1.60 bits per heavy atom. The molecule has 0 fully saturated rings. The van der Waals surface area contributed by atoms with Gasteiger partial charge in [0.05, 0.1) is 27.4 Å². The molecular weight excluding hydrogens is 474 g/mol. The molecule has 0 saturated heterocycles. The first-order chi connectivity index (χ1) is 16.9. The van der Waals surface area contributed by atoms with Gasteiger partial charge < -0.3 is 24.6 Å². The molecule has 0 bridgehead atoms. The number of hydrogen-bond acceptors (Lipinski definition) is 7. The van der Waals surface area contributed by atoms with Crippen LogP contribution in [0.3, 0.4) is 0 Å². The van der Waals surface area contributed by atoms with Crippen LogP contribution in [0.15, 0.2) is 65.6 Å². The molecule has 0 unspecified atom stereocenters. The fraction of sp³-hybridized carbons (Fsp3) is 0.308. The summed E-state index contributed by atoms with van der Waals surface area (Å²) in [5, 5.41) is 14.2. The largest absolute Gasteiger partial charge is 0.497 e. The van der Waals surface area contributed by atoms with Gasteiger partial charge in [-0.05, 0) is 72.0 Å². The molecule has 0 spiro atoms. The monoisotopic (exact) mass is 504 g/mol. The van der Waals surface area contributed by atoms with Crippen molar-refractivity contribution in [2.24, 2.45) is 0 Å². The van der Waals surface area contributed by atoms with Crippen LogP contribution in [0.1, 0.15) is 11.1 Å². The predicted molar refractivity (Wildman–Crippen MR) is 133 cm³/mol. The molecule has 3 aromatic carbocycles. The Morgan fingerprint density at radius 1 is 0.857 bits per heavy atom. The summed E-state index contributed by atoms with van der Waals surface area (Å²) in [7, 11) is 4.72. The molecule has 0 radical (unpaired) electrons. The summed E-state index contributed by atoms with van der Waals surface area (Å²) in [6, 6.07) is 15.9. The SMILES string of the molecule is COc1cccc(CNC[C@@H](O)[C@H](Cc2cc(F)cc(F)c2)NSc2ccc(OC)c(OC)c2)c1. The Labute approximate surface area is 208 Å². The lowest BCUT2D eigenvalue weighted by molar-refractivity contribution is 0.136. The van der Waals surface area contributed by atoms with E-state index in [0.717, 1.165) is 22.3 Å². The molecule has 0 aliphatic carbocycles. The minimum absolute atomic E-state index is 0.219. The smallest absolute Gasteiger partial charge is 0.161 e. The lowest BCUT2D eigenvalue weighted by atomic mass is 10.0. The van der Waals surface area contributed by atoms with Gasteiger partial charge in [0.25, 0.3) is 0 Å². The number of benzene rings is 3. The van der Waals surface area contributed by atoms with E-state index in [0.29, 0.717) is 23.6 Å². The maximum atomic E-state index is 13.8. The molecule has 0 saturated carbocycles. The average molecular weight is 505 g/mol. The highest BCUT2D eigenvalue weighted by Crippen LogP contribution is 2.31. The summed E-state index contributed by atoms with van der Waals surface area (Å²) in [6.45, 7) is 0.789. The van der Waals surface area contributed by atoms with E-state index in [9.17, 15) is 13.9 Å². The van der Waals surface area contributed by atoms with E-state index in [1.54, 1.807) is 27.4 Å². The van der Waals surface area contributed by atoms with Crippen molar-refractivity contribution < 1.29 is 28.1 Å². The van der Waals surface area contributed by atoms with Gasteiger partial charge in [-0.25, -0.2) is 8.78 Å². The van der Waals surface area contributed by atoms with Crippen LogP contribution < -0.4 is 24.2 Å². The molecule has 6 nitrogen and oxygen atoms in total. The molecule has 3 aromatic rings. The van der Waals surface area contributed by atoms with Crippen LogP contribution >= 0.6 is 11.9 Å². The Kier molecular flexibility index (Phi) is 10.2. The van der Waals surface area contributed by atoms with E-state index in [1.807, 2.05) is 36.4 Å². The third-order valence-electron chi connectivity index (χ3n) is 5.34. The Bertz CT molecular complexity index is 1080. The summed E-state index contributed by atoms with van der Waals surface area (Å²) in [6.07, 6.45) is -0.628. The molecular formula is C26H30F2N2O4S. The lowest BCUT2D eigenvalue weighted by Gasteiger charge is -2.24. The van der Waals surface area contributed by atoms with Crippen LogP contribution in [-0.2, 0) is 13.0 Å². The topological polar surface area (TPSA) is 72.0 Å². The van der Waals surface area contributed by atoms with Crippen molar-refractivity contribution in [1.82, 2.24) is 10.0 Å². The van der Waals surface area contributed by atoms with E-state index < -0.39 is 23.8 Å². The van der Waals surface area contributed by atoms with Crippen molar-refractivity contribution in [1.29, 1.82) is 0 Å². The van der Waals surface area contributed by atoms with Crippen molar-refractivity contribution >= 4 is 11.9 Å². The van der Waals surface area contributed by atoms with Gasteiger partial charge in [0.15, 0.2) is 11.5 Å². The molecule has 0 aromatic heterocycles. The van der Waals surface area contributed by atoms with Gasteiger partial charge in [-0.1, -0.05) is 12.1 Å². The number of aliphatic hydroxyl groups is 1. The van der Waals surface area contributed by atoms with Crippen LogP contribution in [0, 0.1) is 11.6 Å². The Hall–Kier alpha value is -2.85. The minimum atomic E-state index is -0.848. The van der Waals surface area contributed by atoms with E-state index in [-0.39, 0.29) is 13.0 Å². The summed E-state index contributed by atoms with van der Waals surface area (Å²) < 4.78 is 46.6. The van der Waals surface area contributed by atoms with Gasteiger partial charge in [0.1, 0.15) is 17.4 Å². The zero-order valence-electron chi connectivity index (χ0n) is 19.9. The van der Waals surface area contributed by atoms with E-state index in [1.165, 1.54) is 24.1 Å². The van der Waals surface area contributed by atoms with E-state index in [4.69, 9.17) is 14.2 Å². The molecule has 0 aliphatic heterocycles. The van der Waals surface area contributed by atoms with Crippen molar-refractivity contribution in [2.75, 3.05) is 27.9 Å². The highest BCUT2D eigenvalue weighted by molar-refractivity contribution is 7.97.